The molecule has 0 saturated heterocycles. The van der Waals surface area contributed by atoms with Gasteiger partial charge < -0.3 is 5.73 Å². The second-order valence-electron chi connectivity index (χ2n) is 4.48. The number of aryl methyl sites for hydroxylation is 1. The summed E-state index contributed by atoms with van der Waals surface area (Å²) in [6, 6.07) is 12.5. The molecular weight excluding hydrogens is 294 g/mol. The van der Waals surface area contributed by atoms with Gasteiger partial charge in [-0.15, -0.1) is 11.3 Å². The van der Waals surface area contributed by atoms with Crippen LogP contribution in [0.2, 0.25) is 0 Å². The first-order chi connectivity index (χ1) is 8.09. The lowest BCUT2D eigenvalue weighted by atomic mass is 9.88. The van der Waals surface area contributed by atoms with Crippen molar-refractivity contribution in [2.45, 2.75) is 25.3 Å². The van der Waals surface area contributed by atoms with Gasteiger partial charge in [-0.25, -0.2) is 0 Å². The molecule has 17 heavy (non-hydrogen) atoms. The van der Waals surface area contributed by atoms with Gasteiger partial charge in [0.1, 0.15) is 0 Å². The molecule has 1 aromatic heterocycles. The highest BCUT2D eigenvalue weighted by atomic mass is 79.9. The molecule has 0 spiro atoms. The maximum absolute atomic E-state index is 6.43. The maximum atomic E-state index is 6.43. The minimum absolute atomic E-state index is 0.288. The van der Waals surface area contributed by atoms with E-state index in [0.717, 1.165) is 17.3 Å². The average Bonchev–Trinajstić information content (AvgIpc) is 2.80. The molecule has 0 aliphatic carbocycles. The van der Waals surface area contributed by atoms with Gasteiger partial charge in [-0.2, -0.15) is 0 Å². The Bertz CT molecular complexity index is 477. The second-order valence-corrected chi connectivity index (χ2v) is 6.36. The standard InChI is InChI=1S/C14H16BrNS/c1-14(16,9-8-11-5-4-10-17-11)12-6-2-3-7-13(12)15/h2-7,10H,8-9,16H2,1H3. The SMILES string of the molecule is CC(N)(CCc1cccs1)c1ccccc1Br. The van der Waals surface area contributed by atoms with Crippen LogP contribution in [0.25, 0.3) is 0 Å². The van der Waals surface area contributed by atoms with E-state index < -0.39 is 0 Å². The summed E-state index contributed by atoms with van der Waals surface area (Å²) in [4.78, 5) is 1.40. The highest BCUT2D eigenvalue weighted by Crippen LogP contribution is 2.30. The fourth-order valence-corrected chi connectivity index (χ4v) is 3.34. The predicted molar refractivity (Wildman–Crippen MR) is 78.3 cm³/mol. The molecule has 1 unspecified atom stereocenters. The number of benzene rings is 1. The Morgan fingerprint density at radius 1 is 1.24 bits per heavy atom. The van der Waals surface area contributed by atoms with Crippen molar-refractivity contribution in [2.24, 2.45) is 5.73 Å². The van der Waals surface area contributed by atoms with Crippen LogP contribution in [0.5, 0.6) is 0 Å². The zero-order valence-electron chi connectivity index (χ0n) is 9.82. The third kappa shape index (κ3) is 3.18. The molecule has 1 heterocycles. The molecular formula is C14H16BrNS. The number of halogens is 1. The number of hydrogen-bond donors (Lipinski definition) is 1. The summed E-state index contributed by atoms with van der Waals surface area (Å²) in [5.74, 6) is 0. The van der Waals surface area contributed by atoms with Gasteiger partial charge in [-0.05, 0) is 42.8 Å². The number of thiophene rings is 1. The number of hydrogen-bond acceptors (Lipinski definition) is 2. The lowest BCUT2D eigenvalue weighted by molar-refractivity contribution is 0.452. The highest BCUT2D eigenvalue weighted by Gasteiger charge is 2.23. The van der Waals surface area contributed by atoms with E-state index in [1.54, 1.807) is 11.3 Å². The maximum Gasteiger partial charge on any atom is 0.0395 e. The van der Waals surface area contributed by atoms with Gasteiger partial charge in [0.2, 0.25) is 0 Å². The number of rotatable bonds is 4. The summed E-state index contributed by atoms with van der Waals surface area (Å²) in [7, 11) is 0. The Labute approximate surface area is 115 Å². The molecule has 0 amide bonds. The molecule has 0 radical (unpaired) electrons. The van der Waals surface area contributed by atoms with Gasteiger partial charge in [0.05, 0.1) is 0 Å². The van der Waals surface area contributed by atoms with E-state index in [4.69, 9.17) is 5.73 Å². The molecule has 90 valence electrons. The van der Waals surface area contributed by atoms with Gasteiger partial charge in [-0.1, -0.05) is 40.2 Å². The summed E-state index contributed by atoms with van der Waals surface area (Å²) in [5.41, 5.74) is 7.32. The van der Waals surface area contributed by atoms with E-state index in [2.05, 4.69) is 46.4 Å². The summed E-state index contributed by atoms with van der Waals surface area (Å²) >= 11 is 5.37. The number of nitrogens with two attached hydrogens (primary N) is 1. The molecule has 0 saturated carbocycles. The summed E-state index contributed by atoms with van der Waals surface area (Å²) in [6.45, 7) is 2.10. The molecule has 2 rings (SSSR count). The molecule has 1 atom stereocenters. The van der Waals surface area contributed by atoms with Gasteiger partial charge in [0.25, 0.3) is 0 Å². The van der Waals surface area contributed by atoms with Crippen LogP contribution in [0, 0.1) is 0 Å². The smallest absolute Gasteiger partial charge is 0.0395 e. The van der Waals surface area contributed by atoms with Crippen LogP contribution < -0.4 is 5.73 Å². The molecule has 1 aromatic carbocycles. The van der Waals surface area contributed by atoms with Crippen molar-refractivity contribution >= 4 is 27.3 Å². The van der Waals surface area contributed by atoms with Gasteiger partial charge in [0.15, 0.2) is 0 Å². The van der Waals surface area contributed by atoms with Crippen LogP contribution >= 0.6 is 27.3 Å². The molecule has 2 aromatic rings. The van der Waals surface area contributed by atoms with E-state index in [-0.39, 0.29) is 5.54 Å². The fourth-order valence-electron chi connectivity index (χ4n) is 1.90. The summed E-state index contributed by atoms with van der Waals surface area (Å²) < 4.78 is 1.09. The third-order valence-corrected chi connectivity index (χ3v) is 4.59. The van der Waals surface area contributed by atoms with E-state index in [1.165, 1.54) is 10.4 Å². The van der Waals surface area contributed by atoms with E-state index in [0.29, 0.717) is 0 Å². The van der Waals surface area contributed by atoms with Crippen molar-refractivity contribution in [1.82, 2.24) is 0 Å². The fraction of sp³-hybridized carbons (Fsp3) is 0.286. The van der Waals surface area contributed by atoms with Crippen LogP contribution in [0.3, 0.4) is 0 Å². The van der Waals surface area contributed by atoms with Gasteiger partial charge >= 0.3 is 0 Å². The molecule has 0 aliphatic rings. The molecule has 1 nitrogen and oxygen atoms in total. The lowest BCUT2D eigenvalue weighted by Crippen LogP contribution is -2.33. The molecule has 2 N–H and O–H groups in total. The van der Waals surface area contributed by atoms with Crippen molar-refractivity contribution < 1.29 is 0 Å². The first-order valence-electron chi connectivity index (χ1n) is 5.66. The van der Waals surface area contributed by atoms with Gasteiger partial charge in [0, 0.05) is 14.9 Å². The largest absolute Gasteiger partial charge is 0.322 e. The Morgan fingerprint density at radius 2 is 2.00 bits per heavy atom. The monoisotopic (exact) mass is 309 g/mol. The van der Waals surface area contributed by atoms with Crippen molar-refractivity contribution in [3.05, 3.63) is 56.7 Å². The first kappa shape index (κ1) is 12.8. The third-order valence-electron chi connectivity index (χ3n) is 2.96. The van der Waals surface area contributed by atoms with Crippen molar-refractivity contribution in [3.8, 4) is 0 Å². The van der Waals surface area contributed by atoms with Crippen LogP contribution in [-0.2, 0) is 12.0 Å². The Hall–Kier alpha value is -0.640. The zero-order chi connectivity index (χ0) is 12.3. The van der Waals surface area contributed by atoms with Crippen molar-refractivity contribution in [1.29, 1.82) is 0 Å². The van der Waals surface area contributed by atoms with Crippen LogP contribution in [0.4, 0.5) is 0 Å². The second kappa shape index (κ2) is 5.34. The summed E-state index contributed by atoms with van der Waals surface area (Å²) in [6.07, 6.45) is 1.99. The van der Waals surface area contributed by atoms with Crippen molar-refractivity contribution in [2.75, 3.05) is 0 Å². The Morgan fingerprint density at radius 3 is 2.65 bits per heavy atom. The molecule has 0 aliphatic heterocycles. The topological polar surface area (TPSA) is 26.0 Å². The highest BCUT2D eigenvalue weighted by molar-refractivity contribution is 9.10. The van der Waals surface area contributed by atoms with Crippen LogP contribution in [0.1, 0.15) is 23.8 Å². The zero-order valence-corrected chi connectivity index (χ0v) is 12.2. The molecule has 3 heteroatoms. The lowest BCUT2D eigenvalue weighted by Gasteiger charge is -2.26. The molecule has 0 bridgehead atoms. The van der Waals surface area contributed by atoms with E-state index in [9.17, 15) is 0 Å². The van der Waals surface area contributed by atoms with Gasteiger partial charge in [-0.3, -0.25) is 0 Å². The van der Waals surface area contributed by atoms with E-state index >= 15 is 0 Å². The quantitative estimate of drug-likeness (QED) is 0.894. The Balaban J connectivity index is 2.11. The minimum atomic E-state index is -0.288. The Kier molecular flexibility index (Phi) is 4.02. The summed E-state index contributed by atoms with van der Waals surface area (Å²) in [5, 5.41) is 2.11. The normalized spacial score (nSPS) is 14.5. The molecule has 0 fully saturated rings. The average molecular weight is 310 g/mol. The van der Waals surface area contributed by atoms with E-state index in [1.807, 2.05) is 18.2 Å². The first-order valence-corrected chi connectivity index (χ1v) is 7.33. The van der Waals surface area contributed by atoms with Crippen molar-refractivity contribution in [3.63, 3.8) is 0 Å². The van der Waals surface area contributed by atoms with Crippen LogP contribution in [-0.4, -0.2) is 0 Å². The minimum Gasteiger partial charge on any atom is -0.322 e. The predicted octanol–water partition coefficient (Wildman–Crippen LogP) is 4.32. The van der Waals surface area contributed by atoms with Crippen LogP contribution in [0.15, 0.2) is 46.3 Å².